The number of aromatic nitrogens is 3. The first kappa shape index (κ1) is 16.9. The van der Waals surface area contributed by atoms with Crippen LogP contribution in [0.2, 0.25) is 0 Å². The summed E-state index contributed by atoms with van der Waals surface area (Å²) in [5, 5.41) is 7.61. The van der Waals surface area contributed by atoms with Crippen molar-refractivity contribution in [3.05, 3.63) is 41.7 Å². The van der Waals surface area contributed by atoms with Gasteiger partial charge in [-0.05, 0) is 25.0 Å². The van der Waals surface area contributed by atoms with E-state index in [0.29, 0.717) is 19.5 Å². The number of carbonyl (C=O) groups is 2. The zero-order valence-corrected chi connectivity index (χ0v) is 14.3. The van der Waals surface area contributed by atoms with Crippen molar-refractivity contribution >= 4 is 11.8 Å². The van der Waals surface area contributed by atoms with Gasteiger partial charge in [0.1, 0.15) is 5.75 Å². The number of ether oxygens (including phenoxy) is 1. The summed E-state index contributed by atoms with van der Waals surface area (Å²) in [6.45, 7) is 4.89. The summed E-state index contributed by atoms with van der Waals surface area (Å²) in [5.74, 6) is 0.0653. The molecule has 0 spiro atoms. The van der Waals surface area contributed by atoms with E-state index < -0.39 is 12.0 Å². The minimum Gasteiger partial charge on any atom is -0.480 e. The van der Waals surface area contributed by atoms with Gasteiger partial charge < -0.3 is 15.4 Å². The van der Waals surface area contributed by atoms with Gasteiger partial charge in [0.25, 0.3) is 11.8 Å². The molecule has 2 amide bonds. The molecule has 2 heterocycles. The Morgan fingerprint density at radius 2 is 2.08 bits per heavy atom. The maximum Gasteiger partial charge on any atom is 0.270 e. The van der Waals surface area contributed by atoms with Gasteiger partial charge in [0, 0.05) is 13.1 Å². The summed E-state index contributed by atoms with van der Waals surface area (Å²) in [6.07, 6.45) is 1.58. The second-order valence-corrected chi connectivity index (χ2v) is 6.13. The lowest BCUT2D eigenvalue weighted by atomic mass is 10.1. The van der Waals surface area contributed by atoms with Gasteiger partial charge in [0.15, 0.2) is 11.8 Å². The molecule has 1 aromatic carbocycles. The average Bonchev–Trinajstić information content (AvgIpc) is 3.02. The molecule has 1 fully saturated rings. The SMILES string of the molecule is CC[C@H](Oc1ccccc1C)C(=O)N1CC(n2cc(C(N)=O)nn2)C1. The normalized spacial score (nSPS) is 15.5. The molecule has 0 bridgehead atoms. The first-order valence-corrected chi connectivity index (χ1v) is 8.22. The quantitative estimate of drug-likeness (QED) is 0.840. The van der Waals surface area contributed by atoms with Crippen LogP contribution in [0.15, 0.2) is 30.5 Å². The molecule has 8 heteroatoms. The Morgan fingerprint density at radius 1 is 1.36 bits per heavy atom. The minimum absolute atomic E-state index is 0.000479. The smallest absolute Gasteiger partial charge is 0.270 e. The number of nitrogens with zero attached hydrogens (tertiary/aromatic N) is 4. The number of likely N-dealkylation sites (tertiary alicyclic amines) is 1. The molecule has 25 heavy (non-hydrogen) atoms. The van der Waals surface area contributed by atoms with Gasteiger partial charge in [-0.3, -0.25) is 9.59 Å². The number of benzene rings is 1. The lowest BCUT2D eigenvalue weighted by molar-refractivity contribution is -0.145. The predicted octanol–water partition coefficient (Wildman–Crippen LogP) is 0.926. The van der Waals surface area contributed by atoms with E-state index >= 15 is 0 Å². The molecule has 1 aliphatic heterocycles. The molecule has 2 aromatic rings. The Hall–Kier alpha value is -2.90. The standard InChI is InChI=1S/C17H21N5O3/c1-3-14(25-15-7-5-4-6-11(15)2)17(24)21-8-12(9-21)22-10-13(16(18)23)19-20-22/h4-7,10,12,14H,3,8-9H2,1-2H3,(H2,18,23)/t14-/m0/s1. The molecule has 1 atom stereocenters. The van der Waals surface area contributed by atoms with Crippen molar-refractivity contribution < 1.29 is 14.3 Å². The third-order valence-corrected chi connectivity index (χ3v) is 4.32. The van der Waals surface area contributed by atoms with Gasteiger partial charge in [-0.15, -0.1) is 5.10 Å². The van der Waals surface area contributed by atoms with Crippen LogP contribution in [0.5, 0.6) is 5.75 Å². The number of primary amides is 1. The summed E-state index contributed by atoms with van der Waals surface area (Å²) >= 11 is 0. The van der Waals surface area contributed by atoms with Crippen molar-refractivity contribution in [3.8, 4) is 5.75 Å². The van der Waals surface area contributed by atoms with Crippen LogP contribution in [0.3, 0.4) is 0 Å². The van der Waals surface area contributed by atoms with Crippen molar-refractivity contribution in [3.63, 3.8) is 0 Å². The van der Waals surface area contributed by atoms with Crippen molar-refractivity contribution in [2.45, 2.75) is 32.4 Å². The highest BCUT2D eigenvalue weighted by molar-refractivity contribution is 5.90. The molecule has 8 nitrogen and oxygen atoms in total. The summed E-state index contributed by atoms with van der Waals surface area (Å²) in [6, 6.07) is 7.64. The van der Waals surface area contributed by atoms with Crippen molar-refractivity contribution in [2.24, 2.45) is 5.73 Å². The molecule has 3 rings (SSSR count). The summed E-state index contributed by atoms with van der Waals surface area (Å²) in [5.41, 5.74) is 6.29. The number of hydrogen-bond acceptors (Lipinski definition) is 5. The van der Waals surface area contributed by atoms with Crippen LogP contribution in [0.25, 0.3) is 0 Å². The lowest BCUT2D eigenvalue weighted by Gasteiger charge is -2.40. The highest BCUT2D eigenvalue weighted by Gasteiger charge is 2.36. The maximum absolute atomic E-state index is 12.6. The predicted molar refractivity (Wildman–Crippen MR) is 90.0 cm³/mol. The topological polar surface area (TPSA) is 103 Å². The van der Waals surface area contributed by atoms with Gasteiger partial charge in [-0.2, -0.15) is 0 Å². The fourth-order valence-electron chi connectivity index (χ4n) is 2.72. The van der Waals surface area contributed by atoms with E-state index in [0.717, 1.165) is 11.3 Å². The molecule has 0 saturated carbocycles. The second kappa shape index (κ2) is 6.92. The number of para-hydroxylation sites is 1. The molecule has 0 radical (unpaired) electrons. The molecular weight excluding hydrogens is 322 g/mol. The zero-order valence-electron chi connectivity index (χ0n) is 14.3. The molecule has 1 aliphatic rings. The number of hydrogen-bond donors (Lipinski definition) is 1. The van der Waals surface area contributed by atoms with Crippen LogP contribution in [-0.4, -0.2) is 50.9 Å². The summed E-state index contributed by atoms with van der Waals surface area (Å²) in [4.78, 5) is 25.4. The number of rotatable bonds is 6. The molecule has 0 unspecified atom stereocenters. The number of nitrogens with two attached hydrogens (primary N) is 1. The van der Waals surface area contributed by atoms with E-state index in [1.54, 1.807) is 9.58 Å². The van der Waals surface area contributed by atoms with Crippen molar-refractivity contribution in [1.29, 1.82) is 0 Å². The summed E-state index contributed by atoms with van der Waals surface area (Å²) < 4.78 is 7.48. The molecule has 1 aromatic heterocycles. The maximum atomic E-state index is 12.6. The molecule has 1 saturated heterocycles. The Bertz CT molecular complexity index is 782. The van der Waals surface area contributed by atoms with E-state index in [2.05, 4.69) is 10.3 Å². The van der Waals surface area contributed by atoms with Crippen LogP contribution in [0, 0.1) is 6.92 Å². The van der Waals surface area contributed by atoms with Gasteiger partial charge in [0.2, 0.25) is 0 Å². The van der Waals surface area contributed by atoms with Crippen LogP contribution < -0.4 is 10.5 Å². The average molecular weight is 343 g/mol. The number of carbonyl (C=O) groups excluding carboxylic acids is 2. The van der Waals surface area contributed by atoms with Crippen molar-refractivity contribution in [2.75, 3.05) is 13.1 Å². The number of aryl methyl sites for hydroxylation is 1. The minimum atomic E-state index is -0.615. The van der Waals surface area contributed by atoms with Crippen LogP contribution in [-0.2, 0) is 4.79 Å². The third-order valence-electron chi connectivity index (χ3n) is 4.32. The summed E-state index contributed by atoms with van der Waals surface area (Å²) in [7, 11) is 0. The van der Waals surface area contributed by atoms with E-state index in [9.17, 15) is 9.59 Å². The van der Waals surface area contributed by atoms with Gasteiger partial charge in [0.05, 0.1) is 12.2 Å². The van der Waals surface area contributed by atoms with E-state index in [1.807, 2.05) is 38.1 Å². The fourth-order valence-corrected chi connectivity index (χ4v) is 2.72. The number of amides is 2. The van der Waals surface area contributed by atoms with Gasteiger partial charge >= 0.3 is 0 Å². The first-order chi connectivity index (χ1) is 12.0. The monoisotopic (exact) mass is 343 g/mol. The Morgan fingerprint density at radius 3 is 2.68 bits per heavy atom. The van der Waals surface area contributed by atoms with E-state index in [-0.39, 0.29) is 17.6 Å². The van der Waals surface area contributed by atoms with Gasteiger partial charge in [-0.25, -0.2) is 4.68 Å². The van der Waals surface area contributed by atoms with Gasteiger partial charge in [-0.1, -0.05) is 30.3 Å². The highest BCUT2D eigenvalue weighted by atomic mass is 16.5. The molecule has 132 valence electrons. The largest absolute Gasteiger partial charge is 0.480 e. The molecule has 2 N–H and O–H groups in total. The first-order valence-electron chi connectivity index (χ1n) is 8.22. The van der Waals surface area contributed by atoms with Crippen LogP contribution in [0.4, 0.5) is 0 Å². The van der Waals surface area contributed by atoms with Crippen LogP contribution >= 0.6 is 0 Å². The Labute approximate surface area is 145 Å². The Balaban J connectivity index is 1.59. The highest BCUT2D eigenvalue weighted by Crippen LogP contribution is 2.24. The molecule has 0 aliphatic carbocycles. The third kappa shape index (κ3) is 3.47. The van der Waals surface area contributed by atoms with Crippen molar-refractivity contribution in [1.82, 2.24) is 19.9 Å². The fraction of sp³-hybridized carbons (Fsp3) is 0.412. The second-order valence-electron chi connectivity index (χ2n) is 6.13. The lowest BCUT2D eigenvalue weighted by Crippen LogP contribution is -2.55. The van der Waals surface area contributed by atoms with E-state index in [1.165, 1.54) is 6.20 Å². The Kier molecular flexibility index (Phi) is 4.69. The van der Waals surface area contributed by atoms with Crippen LogP contribution in [0.1, 0.15) is 35.4 Å². The molecular formula is C17H21N5O3. The van der Waals surface area contributed by atoms with E-state index in [4.69, 9.17) is 10.5 Å². The zero-order chi connectivity index (χ0) is 18.0.